The van der Waals surface area contributed by atoms with Crippen LogP contribution in [0.25, 0.3) is 5.70 Å². The predicted molar refractivity (Wildman–Crippen MR) is 105 cm³/mol. The van der Waals surface area contributed by atoms with Crippen LogP contribution in [0.4, 0.5) is 10.5 Å². The van der Waals surface area contributed by atoms with Crippen molar-refractivity contribution >= 4 is 35.0 Å². The van der Waals surface area contributed by atoms with E-state index in [-0.39, 0.29) is 5.91 Å². The van der Waals surface area contributed by atoms with Gasteiger partial charge < -0.3 is 15.0 Å². The molecule has 1 N–H and O–H groups in total. The number of methoxy groups -OCH3 is 1. The molecule has 2 aromatic carbocycles. The van der Waals surface area contributed by atoms with E-state index in [4.69, 9.17) is 16.3 Å². The van der Waals surface area contributed by atoms with E-state index in [0.29, 0.717) is 23.0 Å². The second-order valence-corrected chi connectivity index (χ2v) is 6.34. The van der Waals surface area contributed by atoms with Gasteiger partial charge in [0.1, 0.15) is 0 Å². The van der Waals surface area contributed by atoms with Crippen molar-refractivity contribution in [1.29, 1.82) is 0 Å². The molecule has 6 nitrogen and oxygen atoms in total. The maximum atomic E-state index is 13.0. The molecule has 27 heavy (non-hydrogen) atoms. The molecule has 7 heteroatoms. The Morgan fingerprint density at radius 3 is 2.56 bits per heavy atom. The van der Waals surface area contributed by atoms with Gasteiger partial charge in [0.05, 0.1) is 12.8 Å². The number of carbonyl (C=O) groups excluding carboxylic acids is 2. The molecule has 140 valence electrons. The Bertz CT molecular complexity index is 870. The lowest BCUT2D eigenvalue weighted by Gasteiger charge is -2.39. The summed E-state index contributed by atoms with van der Waals surface area (Å²) in [6.45, 7) is 2.35. The number of anilines is 1. The quantitative estimate of drug-likeness (QED) is 0.863. The van der Waals surface area contributed by atoms with E-state index in [0.717, 1.165) is 5.56 Å². The lowest BCUT2D eigenvalue weighted by atomic mass is 10.1. The summed E-state index contributed by atoms with van der Waals surface area (Å²) in [6, 6.07) is 16.4. The summed E-state index contributed by atoms with van der Waals surface area (Å²) in [5, 5.41) is 3.64. The van der Waals surface area contributed by atoms with Crippen molar-refractivity contribution in [3.05, 3.63) is 71.4 Å². The van der Waals surface area contributed by atoms with Gasteiger partial charge in [-0.1, -0.05) is 48.0 Å². The number of likely N-dealkylation sites (N-methyl/N-ethyl adjacent to an activating group) is 1. The maximum Gasteiger partial charge on any atom is 0.416 e. The van der Waals surface area contributed by atoms with Gasteiger partial charge in [-0.3, -0.25) is 4.79 Å². The minimum absolute atomic E-state index is 0.262. The maximum absolute atomic E-state index is 13.0. The number of amides is 2. The fourth-order valence-electron chi connectivity index (χ4n) is 2.91. The molecular formula is C20H20ClN3O3. The molecule has 1 unspecified atom stereocenters. The highest BCUT2D eigenvalue weighted by atomic mass is 35.5. The molecule has 2 amide bonds. The van der Waals surface area contributed by atoms with Gasteiger partial charge in [0.25, 0.3) is 5.91 Å². The van der Waals surface area contributed by atoms with Gasteiger partial charge in [-0.2, -0.15) is 0 Å². The Hall–Kier alpha value is -2.99. The highest BCUT2D eigenvalue weighted by molar-refractivity contribution is 6.30. The van der Waals surface area contributed by atoms with Crippen LogP contribution in [0, 0.1) is 0 Å². The molecule has 3 rings (SSSR count). The number of nitrogens with one attached hydrogen (secondary N) is 1. The lowest BCUT2D eigenvalue weighted by Crippen LogP contribution is -2.56. The molecular weight excluding hydrogens is 366 g/mol. The SMILES string of the molecule is CCN1C=C(c2ccccc2)N(C(=O)OC)C(Nc2cccc(Cl)c2)C1=O. The number of halogens is 1. The Balaban J connectivity index is 2.07. The van der Waals surface area contributed by atoms with Crippen molar-refractivity contribution < 1.29 is 14.3 Å². The Morgan fingerprint density at radius 1 is 1.19 bits per heavy atom. The van der Waals surface area contributed by atoms with Crippen LogP contribution < -0.4 is 5.32 Å². The number of benzene rings is 2. The number of hydrogen-bond acceptors (Lipinski definition) is 4. The minimum atomic E-state index is -0.962. The molecule has 1 heterocycles. The van der Waals surface area contributed by atoms with Crippen molar-refractivity contribution in [3.63, 3.8) is 0 Å². The summed E-state index contributed by atoms with van der Waals surface area (Å²) >= 11 is 6.05. The molecule has 0 saturated heterocycles. The third-order valence-electron chi connectivity index (χ3n) is 4.22. The van der Waals surface area contributed by atoms with Gasteiger partial charge in [0.2, 0.25) is 0 Å². The van der Waals surface area contributed by atoms with Crippen LogP contribution in [0.5, 0.6) is 0 Å². The van der Waals surface area contributed by atoms with Gasteiger partial charge in [-0.25, -0.2) is 9.69 Å². The molecule has 0 radical (unpaired) electrons. The monoisotopic (exact) mass is 385 g/mol. The average molecular weight is 386 g/mol. The second-order valence-electron chi connectivity index (χ2n) is 5.90. The molecule has 1 atom stereocenters. The summed E-state index contributed by atoms with van der Waals surface area (Å²) in [7, 11) is 1.29. The van der Waals surface area contributed by atoms with E-state index in [9.17, 15) is 9.59 Å². The van der Waals surface area contributed by atoms with E-state index in [2.05, 4.69) is 5.32 Å². The molecule has 0 spiro atoms. The zero-order valence-electron chi connectivity index (χ0n) is 15.1. The first kappa shape index (κ1) is 18.8. The summed E-state index contributed by atoms with van der Waals surface area (Å²) in [5.41, 5.74) is 2.00. The average Bonchev–Trinajstić information content (AvgIpc) is 2.69. The number of nitrogens with zero attached hydrogens (tertiary/aromatic N) is 2. The first-order valence-electron chi connectivity index (χ1n) is 8.52. The van der Waals surface area contributed by atoms with Crippen molar-refractivity contribution in [2.75, 3.05) is 19.0 Å². The van der Waals surface area contributed by atoms with Crippen LogP contribution in [-0.2, 0) is 9.53 Å². The molecule has 0 saturated carbocycles. The van der Waals surface area contributed by atoms with Gasteiger partial charge >= 0.3 is 6.09 Å². The molecule has 1 aliphatic heterocycles. The highest BCUT2D eigenvalue weighted by Gasteiger charge is 2.40. The Morgan fingerprint density at radius 2 is 1.93 bits per heavy atom. The van der Waals surface area contributed by atoms with Crippen molar-refractivity contribution in [3.8, 4) is 0 Å². The highest BCUT2D eigenvalue weighted by Crippen LogP contribution is 2.29. The normalized spacial score (nSPS) is 16.8. The number of rotatable bonds is 4. The van der Waals surface area contributed by atoms with Gasteiger partial charge in [0, 0.05) is 23.5 Å². The van der Waals surface area contributed by atoms with E-state index in [1.54, 1.807) is 35.4 Å². The van der Waals surface area contributed by atoms with E-state index < -0.39 is 12.3 Å². The smallest absolute Gasteiger partial charge is 0.416 e. The third-order valence-corrected chi connectivity index (χ3v) is 4.46. The summed E-state index contributed by atoms with van der Waals surface area (Å²) < 4.78 is 4.96. The van der Waals surface area contributed by atoms with E-state index >= 15 is 0 Å². The largest absolute Gasteiger partial charge is 0.452 e. The van der Waals surface area contributed by atoms with Crippen molar-refractivity contribution in [2.45, 2.75) is 13.1 Å². The number of hydrogen-bond donors (Lipinski definition) is 1. The van der Waals surface area contributed by atoms with Crippen LogP contribution in [0.15, 0.2) is 60.8 Å². The predicted octanol–water partition coefficient (Wildman–Crippen LogP) is 4.01. The summed E-state index contributed by atoms with van der Waals surface area (Å²) in [4.78, 5) is 28.5. The minimum Gasteiger partial charge on any atom is -0.452 e. The second kappa shape index (κ2) is 8.14. The van der Waals surface area contributed by atoms with Crippen LogP contribution >= 0.6 is 11.6 Å². The first-order valence-corrected chi connectivity index (χ1v) is 8.90. The number of ether oxygens (including phenoxy) is 1. The number of carbonyl (C=O) groups is 2. The van der Waals surface area contributed by atoms with Gasteiger partial charge in [-0.15, -0.1) is 0 Å². The van der Waals surface area contributed by atoms with Crippen LogP contribution in [0.3, 0.4) is 0 Å². The lowest BCUT2D eigenvalue weighted by molar-refractivity contribution is -0.132. The molecule has 0 fully saturated rings. The van der Waals surface area contributed by atoms with Crippen molar-refractivity contribution in [1.82, 2.24) is 9.80 Å². The van der Waals surface area contributed by atoms with Gasteiger partial charge in [-0.05, 0) is 30.7 Å². The van der Waals surface area contributed by atoms with Crippen LogP contribution in [0.1, 0.15) is 12.5 Å². The molecule has 0 aliphatic carbocycles. The van der Waals surface area contributed by atoms with Gasteiger partial charge in [0.15, 0.2) is 6.17 Å². The fourth-order valence-corrected chi connectivity index (χ4v) is 3.10. The Kier molecular flexibility index (Phi) is 5.66. The van der Waals surface area contributed by atoms with E-state index in [1.165, 1.54) is 12.0 Å². The van der Waals surface area contributed by atoms with Crippen LogP contribution in [-0.4, -0.2) is 41.6 Å². The summed E-state index contributed by atoms with van der Waals surface area (Å²) in [6.07, 6.45) is 0.0786. The van der Waals surface area contributed by atoms with Crippen LogP contribution in [0.2, 0.25) is 5.02 Å². The first-order chi connectivity index (χ1) is 13.0. The molecule has 1 aliphatic rings. The topological polar surface area (TPSA) is 61.9 Å². The standard InChI is InChI=1S/C20H20ClN3O3/c1-3-23-13-17(14-8-5-4-6-9-14)24(20(26)27-2)18(19(23)25)22-16-11-7-10-15(21)12-16/h4-13,18,22H,3H2,1-2H3. The zero-order chi connectivity index (χ0) is 19.4. The fraction of sp³-hybridized carbons (Fsp3) is 0.200. The third kappa shape index (κ3) is 3.90. The molecule has 0 bridgehead atoms. The Labute approximate surface area is 163 Å². The zero-order valence-corrected chi connectivity index (χ0v) is 15.8. The van der Waals surface area contributed by atoms with Crippen molar-refractivity contribution in [2.24, 2.45) is 0 Å². The molecule has 0 aromatic heterocycles. The van der Waals surface area contributed by atoms with E-state index in [1.807, 2.05) is 37.3 Å². The molecule has 2 aromatic rings. The summed E-state index contributed by atoms with van der Waals surface area (Å²) in [5.74, 6) is -0.262.